The van der Waals surface area contributed by atoms with Gasteiger partial charge in [-0.2, -0.15) is 0 Å². The van der Waals surface area contributed by atoms with Gasteiger partial charge in [0.15, 0.2) is 0 Å². The quantitative estimate of drug-likeness (QED) is 0.858. The molecule has 1 saturated heterocycles. The van der Waals surface area contributed by atoms with Gasteiger partial charge in [0.05, 0.1) is 0 Å². The second kappa shape index (κ2) is 7.99. The van der Waals surface area contributed by atoms with E-state index in [-0.39, 0.29) is 23.9 Å². The van der Waals surface area contributed by atoms with Crippen molar-refractivity contribution in [1.29, 1.82) is 0 Å². The van der Waals surface area contributed by atoms with Crippen molar-refractivity contribution in [1.82, 2.24) is 10.2 Å². The molecular weight excluding hydrogens is 300 g/mol. The Hall–Kier alpha value is -1.59. The van der Waals surface area contributed by atoms with Crippen LogP contribution >= 0.6 is 0 Å². The molecule has 0 spiro atoms. The summed E-state index contributed by atoms with van der Waals surface area (Å²) in [5, 5.41) is 3.18. The minimum atomic E-state index is 0.123. The monoisotopic (exact) mass is 330 g/mol. The van der Waals surface area contributed by atoms with E-state index in [1.165, 1.54) is 5.69 Å². The largest absolute Gasteiger partial charge is 0.369 e. The third-order valence-corrected chi connectivity index (χ3v) is 5.26. The highest BCUT2D eigenvalue weighted by molar-refractivity contribution is 5.79. The molecule has 132 valence electrons. The molecule has 1 aliphatic heterocycles. The highest BCUT2D eigenvalue weighted by atomic mass is 16.1. The summed E-state index contributed by atoms with van der Waals surface area (Å²) < 4.78 is 0. The van der Waals surface area contributed by atoms with Gasteiger partial charge in [-0.15, -0.1) is 0 Å². The molecule has 1 aliphatic carbocycles. The predicted molar refractivity (Wildman–Crippen MR) is 98.0 cm³/mol. The maximum atomic E-state index is 12.3. The highest BCUT2D eigenvalue weighted by Gasteiger charge is 2.28. The number of benzene rings is 1. The molecule has 1 amide bonds. The first-order valence-electron chi connectivity index (χ1n) is 9.20. The van der Waals surface area contributed by atoms with Gasteiger partial charge in [0.2, 0.25) is 5.91 Å². The van der Waals surface area contributed by atoms with Crippen molar-refractivity contribution in [3.05, 3.63) is 30.3 Å². The highest BCUT2D eigenvalue weighted by Crippen LogP contribution is 2.24. The lowest BCUT2D eigenvalue weighted by Gasteiger charge is -2.37. The van der Waals surface area contributed by atoms with Crippen molar-refractivity contribution in [2.75, 3.05) is 37.6 Å². The first-order valence-corrected chi connectivity index (χ1v) is 9.20. The third-order valence-electron chi connectivity index (χ3n) is 5.26. The number of anilines is 1. The second-order valence-electron chi connectivity index (χ2n) is 7.30. The fraction of sp³-hybridized carbons (Fsp3) is 0.632. The number of carbonyl (C=O) groups excluding carboxylic acids is 1. The zero-order valence-electron chi connectivity index (χ0n) is 14.7. The third kappa shape index (κ3) is 4.48. The number of hydrogen-bond acceptors (Lipinski definition) is 4. The van der Waals surface area contributed by atoms with E-state index >= 15 is 0 Å². The number of piperazine rings is 1. The van der Waals surface area contributed by atoms with Crippen LogP contribution in [0.3, 0.4) is 0 Å². The Labute approximate surface area is 145 Å². The lowest BCUT2D eigenvalue weighted by Crippen LogP contribution is -2.51. The standard InChI is InChI=1S/C19H30N4O/c1-15(21-19(24)16-7-8-17(20)13-16)14-22-9-11-23(12-10-22)18-5-3-2-4-6-18/h2-6,15-17H,7-14,20H2,1H3,(H,21,24). The summed E-state index contributed by atoms with van der Waals surface area (Å²) in [7, 11) is 0. The summed E-state index contributed by atoms with van der Waals surface area (Å²) in [5.41, 5.74) is 7.21. The zero-order valence-corrected chi connectivity index (χ0v) is 14.7. The van der Waals surface area contributed by atoms with Crippen LogP contribution in [0.4, 0.5) is 5.69 Å². The van der Waals surface area contributed by atoms with E-state index < -0.39 is 0 Å². The molecule has 0 aromatic heterocycles. The molecule has 0 radical (unpaired) electrons. The average Bonchev–Trinajstić information content (AvgIpc) is 3.03. The smallest absolute Gasteiger partial charge is 0.223 e. The molecule has 2 fully saturated rings. The Balaban J connectivity index is 1.40. The maximum Gasteiger partial charge on any atom is 0.223 e. The van der Waals surface area contributed by atoms with Gasteiger partial charge in [-0.3, -0.25) is 9.69 Å². The number of nitrogens with two attached hydrogens (primary N) is 1. The fourth-order valence-electron chi connectivity index (χ4n) is 3.88. The minimum absolute atomic E-state index is 0.123. The number of hydrogen-bond donors (Lipinski definition) is 2. The van der Waals surface area contributed by atoms with E-state index in [4.69, 9.17) is 5.73 Å². The van der Waals surface area contributed by atoms with Crippen molar-refractivity contribution < 1.29 is 4.79 Å². The van der Waals surface area contributed by atoms with Gasteiger partial charge in [0.1, 0.15) is 0 Å². The van der Waals surface area contributed by atoms with Crippen LogP contribution < -0.4 is 16.0 Å². The molecule has 3 rings (SSSR count). The van der Waals surface area contributed by atoms with E-state index in [0.717, 1.165) is 52.0 Å². The molecule has 0 bridgehead atoms. The number of nitrogens with one attached hydrogen (secondary N) is 1. The van der Waals surface area contributed by atoms with Gasteiger partial charge < -0.3 is 16.0 Å². The fourth-order valence-corrected chi connectivity index (χ4v) is 3.88. The number of rotatable bonds is 5. The summed E-state index contributed by atoms with van der Waals surface area (Å²) in [6, 6.07) is 11.0. The van der Waals surface area contributed by atoms with Crippen molar-refractivity contribution in [3.63, 3.8) is 0 Å². The molecule has 5 heteroatoms. The Morgan fingerprint density at radius 2 is 1.92 bits per heavy atom. The maximum absolute atomic E-state index is 12.3. The van der Waals surface area contributed by atoms with Crippen LogP contribution in [0.5, 0.6) is 0 Å². The first kappa shape index (κ1) is 17.2. The Morgan fingerprint density at radius 1 is 1.21 bits per heavy atom. The lowest BCUT2D eigenvalue weighted by molar-refractivity contribution is -0.125. The molecule has 1 heterocycles. The van der Waals surface area contributed by atoms with E-state index in [1.807, 2.05) is 0 Å². The van der Waals surface area contributed by atoms with Gasteiger partial charge in [-0.1, -0.05) is 18.2 Å². The molecule has 3 atom stereocenters. The number of para-hydroxylation sites is 1. The molecule has 5 nitrogen and oxygen atoms in total. The Morgan fingerprint density at radius 3 is 2.54 bits per heavy atom. The van der Waals surface area contributed by atoms with Crippen molar-refractivity contribution in [2.24, 2.45) is 11.7 Å². The van der Waals surface area contributed by atoms with Gasteiger partial charge in [-0.05, 0) is 38.3 Å². The molecule has 1 saturated carbocycles. The van der Waals surface area contributed by atoms with Crippen molar-refractivity contribution in [2.45, 2.75) is 38.3 Å². The van der Waals surface area contributed by atoms with Crippen LogP contribution in [0.2, 0.25) is 0 Å². The zero-order chi connectivity index (χ0) is 16.9. The van der Waals surface area contributed by atoms with Gasteiger partial charge >= 0.3 is 0 Å². The number of nitrogens with zero attached hydrogens (tertiary/aromatic N) is 2. The van der Waals surface area contributed by atoms with Gasteiger partial charge in [0.25, 0.3) is 0 Å². The summed E-state index contributed by atoms with van der Waals surface area (Å²) in [5.74, 6) is 0.316. The Kier molecular flexibility index (Phi) is 5.74. The first-order chi connectivity index (χ1) is 11.6. The van der Waals surface area contributed by atoms with Crippen LogP contribution in [0.15, 0.2) is 30.3 Å². The van der Waals surface area contributed by atoms with Crippen LogP contribution in [-0.4, -0.2) is 55.6 Å². The topological polar surface area (TPSA) is 61.6 Å². The predicted octanol–water partition coefficient (Wildman–Crippen LogP) is 1.44. The van der Waals surface area contributed by atoms with Gasteiger partial charge in [-0.25, -0.2) is 0 Å². The lowest BCUT2D eigenvalue weighted by atomic mass is 10.1. The molecule has 1 aromatic rings. The Bertz CT molecular complexity index is 527. The molecule has 24 heavy (non-hydrogen) atoms. The molecular formula is C19H30N4O. The second-order valence-corrected chi connectivity index (χ2v) is 7.30. The van der Waals surface area contributed by atoms with Crippen molar-refractivity contribution in [3.8, 4) is 0 Å². The molecule has 3 unspecified atom stereocenters. The minimum Gasteiger partial charge on any atom is -0.369 e. The van der Waals surface area contributed by atoms with Crippen molar-refractivity contribution >= 4 is 11.6 Å². The van der Waals surface area contributed by atoms with Crippen LogP contribution in [0.25, 0.3) is 0 Å². The number of amides is 1. The molecule has 1 aromatic carbocycles. The normalized spacial score (nSPS) is 26.3. The summed E-state index contributed by atoms with van der Waals surface area (Å²) in [6.07, 6.45) is 2.76. The van der Waals surface area contributed by atoms with Crippen LogP contribution in [0, 0.1) is 5.92 Å². The summed E-state index contributed by atoms with van der Waals surface area (Å²) >= 11 is 0. The summed E-state index contributed by atoms with van der Waals surface area (Å²) in [6.45, 7) is 7.21. The molecule has 3 N–H and O–H groups in total. The average molecular weight is 330 g/mol. The van der Waals surface area contributed by atoms with E-state index in [2.05, 4.69) is 52.4 Å². The number of carbonyl (C=O) groups is 1. The summed E-state index contributed by atoms with van der Waals surface area (Å²) in [4.78, 5) is 17.2. The SMILES string of the molecule is CC(CN1CCN(c2ccccc2)CC1)NC(=O)C1CCC(N)C1. The van der Waals surface area contributed by atoms with E-state index in [1.54, 1.807) is 0 Å². The molecule has 2 aliphatic rings. The van der Waals surface area contributed by atoms with Crippen LogP contribution in [-0.2, 0) is 4.79 Å². The van der Waals surface area contributed by atoms with E-state index in [0.29, 0.717) is 0 Å². The van der Waals surface area contributed by atoms with Gasteiger partial charge in [0, 0.05) is 56.4 Å². The van der Waals surface area contributed by atoms with E-state index in [9.17, 15) is 4.79 Å². The van der Waals surface area contributed by atoms with Crippen LogP contribution in [0.1, 0.15) is 26.2 Å².